The van der Waals surface area contributed by atoms with Crippen LogP contribution in [0.4, 0.5) is 8.78 Å². The van der Waals surface area contributed by atoms with Crippen molar-refractivity contribution in [2.45, 2.75) is 17.3 Å². The van der Waals surface area contributed by atoms with E-state index in [1.165, 1.54) is 7.11 Å². The third-order valence-electron chi connectivity index (χ3n) is 2.85. The van der Waals surface area contributed by atoms with E-state index in [-0.39, 0.29) is 6.61 Å². The second-order valence-corrected chi connectivity index (χ2v) is 5.29. The highest BCUT2D eigenvalue weighted by Crippen LogP contribution is 2.34. The first-order valence-corrected chi connectivity index (χ1v) is 7.25. The number of halogens is 2. The van der Waals surface area contributed by atoms with Crippen LogP contribution in [0, 0.1) is 11.3 Å². The van der Waals surface area contributed by atoms with Crippen LogP contribution in [0.2, 0.25) is 0 Å². The van der Waals surface area contributed by atoms with E-state index in [9.17, 15) is 8.78 Å². The summed E-state index contributed by atoms with van der Waals surface area (Å²) in [5.74, 6) is -1.64. The lowest BCUT2D eigenvalue weighted by Crippen LogP contribution is -1.98. The number of rotatable bonds is 6. The molecule has 2 aromatic carbocycles. The summed E-state index contributed by atoms with van der Waals surface area (Å²) in [7, 11) is 1.43. The minimum atomic E-state index is -2.50. The molecule has 0 fully saturated rings. The predicted molar refractivity (Wildman–Crippen MR) is 80.3 cm³/mol. The monoisotopic (exact) mass is 321 g/mol. The Morgan fingerprint density at radius 3 is 2.64 bits per heavy atom. The molecule has 22 heavy (non-hydrogen) atoms. The van der Waals surface area contributed by atoms with E-state index in [0.717, 1.165) is 5.56 Å². The molecule has 0 radical (unpaired) electrons. The van der Waals surface area contributed by atoms with Gasteiger partial charge in [-0.3, -0.25) is 0 Å². The number of para-hydroxylation sites is 1. The Kier molecular flexibility index (Phi) is 5.61. The van der Waals surface area contributed by atoms with E-state index in [1.807, 2.05) is 6.07 Å². The largest absolute Gasteiger partial charge is 0.496 e. The Balaban J connectivity index is 2.12. The molecule has 3 nitrogen and oxygen atoms in total. The first kappa shape index (κ1) is 16.1. The number of benzene rings is 2. The van der Waals surface area contributed by atoms with Crippen LogP contribution in [0.5, 0.6) is 11.5 Å². The molecule has 0 aliphatic heterocycles. The van der Waals surface area contributed by atoms with Gasteiger partial charge in [-0.25, -0.2) is 0 Å². The van der Waals surface area contributed by atoms with Gasteiger partial charge in [-0.1, -0.05) is 30.0 Å². The highest BCUT2D eigenvalue weighted by molar-refractivity contribution is 7.99. The standard InChI is InChI=1S/C16H13F2NO2S/c1-20-14-8-11(6-7-15(14)22-16(17)18)10-21-13-5-3-2-4-12(13)9-19/h2-8,16H,10H2,1H3. The van der Waals surface area contributed by atoms with Gasteiger partial charge < -0.3 is 9.47 Å². The van der Waals surface area contributed by atoms with E-state index in [1.54, 1.807) is 42.5 Å². The lowest BCUT2D eigenvalue weighted by molar-refractivity contribution is 0.251. The molecule has 0 aliphatic carbocycles. The summed E-state index contributed by atoms with van der Waals surface area (Å²) >= 11 is 0.437. The molecule has 0 amide bonds. The number of nitrogens with zero attached hydrogens (tertiary/aromatic N) is 1. The number of methoxy groups -OCH3 is 1. The summed E-state index contributed by atoms with van der Waals surface area (Å²) in [6.07, 6.45) is 0. The topological polar surface area (TPSA) is 42.2 Å². The van der Waals surface area contributed by atoms with Crippen LogP contribution in [-0.2, 0) is 6.61 Å². The van der Waals surface area contributed by atoms with Crippen LogP contribution in [0.15, 0.2) is 47.4 Å². The number of nitriles is 1. The first-order valence-electron chi connectivity index (χ1n) is 6.37. The Morgan fingerprint density at radius 2 is 1.95 bits per heavy atom. The predicted octanol–water partition coefficient (Wildman–Crippen LogP) is 4.46. The Hall–Kier alpha value is -2.26. The molecule has 0 saturated carbocycles. The summed E-state index contributed by atoms with van der Waals surface area (Å²) in [5, 5.41) is 8.99. The maximum Gasteiger partial charge on any atom is 0.289 e. The van der Waals surface area contributed by atoms with E-state index < -0.39 is 5.76 Å². The van der Waals surface area contributed by atoms with Gasteiger partial charge in [-0.05, 0) is 29.8 Å². The average molecular weight is 321 g/mol. The quantitative estimate of drug-likeness (QED) is 0.737. The van der Waals surface area contributed by atoms with Gasteiger partial charge in [0.1, 0.15) is 24.2 Å². The molecule has 2 rings (SSSR count). The van der Waals surface area contributed by atoms with Crippen LogP contribution in [-0.4, -0.2) is 12.9 Å². The Bertz CT molecular complexity index is 686. The number of alkyl halides is 2. The summed E-state index contributed by atoms with van der Waals surface area (Å²) in [6, 6.07) is 13.9. The molecule has 0 N–H and O–H groups in total. The summed E-state index contributed by atoms with van der Waals surface area (Å²) < 4.78 is 35.6. The zero-order chi connectivity index (χ0) is 15.9. The summed E-state index contributed by atoms with van der Waals surface area (Å²) in [5.41, 5.74) is 1.21. The molecule has 0 atom stereocenters. The fraction of sp³-hybridized carbons (Fsp3) is 0.188. The zero-order valence-corrected chi connectivity index (χ0v) is 12.6. The maximum absolute atomic E-state index is 12.4. The number of ether oxygens (including phenoxy) is 2. The highest BCUT2D eigenvalue weighted by Gasteiger charge is 2.12. The SMILES string of the molecule is COc1cc(COc2ccccc2C#N)ccc1SC(F)F. The average Bonchev–Trinajstić information content (AvgIpc) is 2.53. The molecular weight excluding hydrogens is 308 g/mol. The minimum absolute atomic E-state index is 0.217. The molecule has 0 aromatic heterocycles. The molecule has 0 aliphatic rings. The zero-order valence-electron chi connectivity index (χ0n) is 11.8. The van der Waals surface area contributed by atoms with Crippen molar-refractivity contribution < 1.29 is 18.3 Å². The maximum atomic E-state index is 12.4. The molecular formula is C16H13F2NO2S. The molecule has 0 unspecified atom stereocenters. The number of hydrogen-bond acceptors (Lipinski definition) is 4. The molecule has 0 saturated heterocycles. The number of hydrogen-bond donors (Lipinski definition) is 0. The van der Waals surface area contributed by atoms with Gasteiger partial charge in [-0.15, -0.1) is 0 Å². The van der Waals surface area contributed by atoms with Gasteiger partial charge in [-0.2, -0.15) is 14.0 Å². The van der Waals surface area contributed by atoms with Crippen molar-refractivity contribution in [3.05, 3.63) is 53.6 Å². The van der Waals surface area contributed by atoms with Crippen molar-refractivity contribution in [3.63, 3.8) is 0 Å². The van der Waals surface area contributed by atoms with Crippen LogP contribution in [0.1, 0.15) is 11.1 Å². The second kappa shape index (κ2) is 7.66. The minimum Gasteiger partial charge on any atom is -0.496 e. The van der Waals surface area contributed by atoms with Crippen molar-refractivity contribution in [1.29, 1.82) is 5.26 Å². The molecule has 2 aromatic rings. The van der Waals surface area contributed by atoms with Crippen molar-refractivity contribution in [1.82, 2.24) is 0 Å². The van der Waals surface area contributed by atoms with Crippen molar-refractivity contribution in [2.75, 3.05) is 7.11 Å². The van der Waals surface area contributed by atoms with Crippen LogP contribution in [0.3, 0.4) is 0 Å². The Morgan fingerprint density at radius 1 is 1.18 bits per heavy atom. The van der Waals surface area contributed by atoms with Gasteiger partial charge in [0.05, 0.1) is 17.6 Å². The second-order valence-electron chi connectivity index (χ2n) is 4.26. The smallest absolute Gasteiger partial charge is 0.289 e. The fourth-order valence-electron chi connectivity index (χ4n) is 1.84. The van der Waals surface area contributed by atoms with Gasteiger partial charge in [0.15, 0.2) is 0 Å². The highest BCUT2D eigenvalue weighted by atomic mass is 32.2. The van der Waals surface area contributed by atoms with Gasteiger partial charge in [0.25, 0.3) is 5.76 Å². The lowest BCUT2D eigenvalue weighted by Gasteiger charge is -2.11. The third kappa shape index (κ3) is 4.12. The van der Waals surface area contributed by atoms with Crippen LogP contribution < -0.4 is 9.47 Å². The van der Waals surface area contributed by atoms with Gasteiger partial charge in [0.2, 0.25) is 0 Å². The lowest BCUT2D eigenvalue weighted by atomic mass is 10.2. The molecule has 6 heteroatoms. The number of thioether (sulfide) groups is 1. The van der Waals surface area contributed by atoms with E-state index in [4.69, 9.17) is 14.7 Å². The molecule has 0 bridgehead atoms. The third-order valence-corrected chi connectivity index (χ3v) is 3.62. The van der Waals surface area contributed by atoms with Crippen molar-refractivity contribution in [3.8, 4) is 17.6 Å². The van der Waals surface area contributed by atoms with Crippen LogP contribution in [0.25, 0.3) is 0 Å². The van der Waals surface area contributed by atoms with Gasteiger partial charge in [0, 0.05) is 0 Å². The first-order chi connectivity index (χ1) is 10.6. The molecule has 114 valence electrons. The van der Waals surface area contributed by atoms with E-state index in [0.29, 0.717) is 33.7 Å². The molecule has 0 heterocycles. The summed E-state index contributed by atoms with van der Waals surface area (Å²) in [6.45, 7) is 0.217. The van der Waals surface area contributed by atoms with E-state index >= 15 is 0 Å². The molecule has 0 spiro atoms. The van der Waals surface area contributed by atoms with Crippen LogP contribution >= 0.6 is 11.8 Å². The van der Waals surface area contributed by atoms with E-state index in [2.05, 4.69) is 0 Å². The summed E-state index contributed by atoms with van der Waals surface area (Å²) in [4.78, 5) is 0.374. The normalized spacial score (nSPS) is 10.3. The van der Waals surface area contributed by atoms with Gasteiger partial charge >= 0.3 is 0 Å². The fourth-order valence-corrected chi connectivity index (χ4v) is 2.44. The Labute approximate surface area is 131 Å². The van der Waals surface area contributed by atoms with Crippen molar-refractivity contribution in [2.24, 2.45) is 0 Å². The van der Waals surface area contributed by atoms with Crippen molar-refractivity contribution >= 4 is 11.8 Å².